The summed E-state index contributed by atoms with van der Waals surface area (Å²) in [5.41, 5.74) is 2.35. The fourth-order valence-corrected chi connectivity index (χ4v) is 4.00. The van der Waals surface area contributed by atoms with Crippen molar-refractivity contribution in [1.29, 1.82) is 0 Å². The van der Waals surface area contributed by atoms with Crippen molar-refractivity contribution in [3.8, 4) is 0 Å². The molecule has 0 aliphatic carbocycles. The molecule has 0 unspecified atom stereocenters. The van der Waals surface area contributed by atoms with Crippen LogP contribution in [0.4, 0.5) is 5.69 Å². The molecule has 1 aliphatic rings. The van der Waals surface area contributed by atoms with Crippen LogP contribution in [0.3, 0.4) is 0 Å². The second-order valence-corrected chi connectivity index (χ2v) is 8.38. The second-order valence-electron chi connectivity index (χ2n) is 8.38. The minimum atomic E-state index is -0.424. The normalized spacial score (nSPS) is 16.3. The number of hydrogen-bond donors (Lipinski definition) is 1. The van der Waals surface area contributed by atoms with Crippen LogP contribution >= 0.6 is 0 Å². The summed E-state index contributed by atoms with van der Waals surface area (Å²) in [5.74, 6) is 0.173. The van der Waals surface area contributed by atoms with E-state index < -0.39 is 5.92 Å². The first-order valence-electron chi connectivity index (χ1n) is 10.5. The van der Waals surface area contributed by atoms with Crippen molar-refractivity contribution in [1.82, 2.24) is 14.9 Å². The maximum absolute atomic E-state index is 13.0. The van der Waals surface area contributed by atoms with Crippen LogP contribution in [-0.4, -0.2) is 40.3 Å². The average molecular weight is 418 g/mol. The van der Waals surface area contributed by atoms with E-state index in [0.717, 1.165) is 11.3 Å². The lowest BCUT2D eigenvalue weighted by molar-refractivity contribution is -0.135. The summed E-state index contributed by atoms with van der Waals surface area (Å²) in [7, 11) is 1.67. The van der Waals surface area contributed by atoms with Crippen LogP contribution in [0.5, 0.6) is 0 Å². The molecule has 0 spiro atoms. The van der Waals surface area contributed by atoms with E-state index in [1.807, 2.05) is 30.3 Å². The maximum atomic E-state index is 13.0. The standard InChI is InChI=1S/C24H26N4O3/c1-15(2)16-7-6-8-18(11-16)28-13-17(12-22(28)29)24(31)27(3)14-21-25-20-10-5-4-9-19(20)23(30)26-21/h4-11,15,17H,12-14H2,1-3H3,(H,25,26,30)/t17-/m0/s1. The minimum absolute atomic E-state index is 0.0510. The zero-order valence-electron chi connectivity index (χ0n) is 18.0. The Hall–Kier alpha value is -3.48. The van der Waals surface area contributed by atoms with Crippen LogP contribution in [0.1, 0.15) is 37.6 Å². The highest BCUT2D eigenvalue weighted by atomic mass is 16.2. The summed E-state index contributed by atoms with van der Waals surface area (Å²) in [5, 5.41) is 0.515. The van der Waals surface area contributed by atoms with Gasteiger partial charge in [-0.15, -0.1) is 0 Å². The predicted molar refractivity (Wildman–Crippen MR) is 120 cm³/mol. The van der Waals surface area contributed by atoms with Crippen molar-refractivity contribution in [2.24, 2.45) is 5.92 Å². The number of hydrogen-bond acceptors (Lipinski definition) is 4. The Kier molecular flexibility index (Phi) is 5.59. The van der Waals surface area contributed by atoms with Gasteiger partial charge < -0.3 is 14.8 Å². The molecule has 0 saturated carbocycles. The lowest BCUT2D eigenvalue weighted by atomic mass is 10.0. The van der Waals surface area contributed by atoms with Gasteiger partial charge in [0, 0.05) is 25.7 Å². The van der Waals surface area contributed by atoms with Gasteiger partial charge in [0.2, 0.25) is 11.8 Å². The van der Waals surface area contributed by atoms with E-state index in [0.29, 0.717) is 29.2 Å². The van der Waals surface area contributed by atoms with Crippen LogP contribution in [0.15, 0.2) is 53.3 Å². The Morgan fingerprint density at radius 3 is 2.74 bits per heavy atom. The molecule has 1 atom stereocenters. The number of aromatic amines is 1. The zero-order chi connectivity index (χ0) is 22.1. The number of carbonyl (C=O) groups is 2. The van der Waals surface area contributed by atoms with Crippen molar-refractivity contribution in [3.63, 3.8) is 0 Å². The van der Waals surface area contributed by atoms with E-state index in [-0.39, 0.29) is 30.3 Å². The van der Waals surface area contributed by atoms with Gasteiger partial charge in [0.25, 0.3) is 5.56 Å². The fraction of sp³-hybridized carbons (Fsp3) is 0.333. The molecule has 7 heteroatoms. The molecule has 1 fully saturated rings. The Bertz CT molecular complexity index is 1200. The average Bonchev–Trinajstić information content (AvgIpc) is 3.15. The molecular formula is C24H26N4O3. The third-order valence-electron chi connectivity index (χ3n) is 5.75. The molecule has 0 bridgehead atoms. The molecule has 1 aliphatic heterocycles. The lowest BCUT2D eigenvalue weighted by Crippen LogP contribution is -2.35. The molecule has 0 radical (unpaired) electrons. The van der Waals surface area contributed by atoms with Crippen LogP contribution in [0, 0.1) is 5.92 Å². The first-order chi connectivity index (χ1) is 14.8. The van der Waals surface area contributed by atoms with Gasteiger partial charge in [0.05, 0.1) is 23.4 Å². The second kappa shape index (κ2) is 8.34. The molecule has 2 aromatic carbocycles. The molecule has 160 valence electrons. The first-order valence-corrected chi connectivity index (χ1v) is 10.5. The highest BCUT2D eigenvalue weighted by Gasteiger charge is 2.36. The van der Waals surface area contributed by atoms with Crippen molar-refractivity contribution in [3.05, 3.63) is 70.3 Å². The molecule has 7 nitrogen and oxygen atoms in total. The topological polar surface area (TPSA) is 86.4 Å². The minimum Gasteiger partial charge on any atom is -0.338 e. The number of para-hydroxylation sites is 1. The summed E-state index contributed by atoms with van der Waals surface area (Å²) < 4.78 is 0. The maximum Gasteiger partial charge on any atom is 0.258 e. The largest absolute Gasteiger partial charge is 0.338 e. The van der Waals surface area contributed by atoms with E-state index in [2.05, 4.69) is 23.8 Å². The summed E-state index contributed by atoms with van der Waals surface area (Å²) in [6, 6.07) is 15.0. The number of rotatable bonds is 5. The predicted octanol–water partition coefficient (Wildman–Crippen LogP) is 3.06. The Labute approximate surface area is 180 Å². The molecule has 3 aromatic rings. The molecular weight excluding hydrogens is 392 g/mol. The fourth-order valence-electron chi connectivity index (χ4n) is 4.00. The van der Waals surface area contributed by atoms with Crippen molar-refractivity contribution >= 4 is 28.4 Å². The Balaban J connectivity index is 1.48. The zero-order valence-corrected chi connectivity index (χ0v) is 18.0. The Morgan fingerprint density at radius 1 is 1.19 bits per heavy atom. The van der Waals surface area contributed by atoms with E-state index in [1.165, 1.54) is 4.90 Å². The van der Waals surface area contributed by atoms with Gasteiger partial charge in [-0.3, -0.25) is 14.4 Å². The van der Waals surface area contributed by atoms with Gasteiger partial charge in [-0.1, -0.05) is 38.1 Å². The number of nitrogens with one attached hydrogen (secondary N) is 1. The highest BCUT2D eigenvalue weighted by Crippen LogP contribution is 2.28. The summed E-state index contributed by atoms with van der Waals surface area (Å²) >= 11 is 0. The Morgan fingerprint density at radius 2 is 1.97 bits per heavy atom. The number of aromatic nitrogens is 2. The monoisotopic (exact) mass is 418 g/mol. The van der Waals surface area contributed by atoms with Gasteiger partial charge in [-0.25, -0.2) is 4.98 Å². The SMILES string of the molecule is CC(C)c1cccc(N2C[C@@H](C(=O)N(C)Cc3nc4ccccc4c(=O)[nH]3)CC2=O)c1. The van der Waals surface area contributed by atoms with Crippen LogP contribution in [0.2, 0.25) is 0 Å². The number of amides is 2. The molecule has 1 N–H and O–H groups in total. The van der Waals surface area contributed by atoms with Gasteiger partial charge in [0.1, 0.15) is 5.82 Å². The number of carbonyl (C=O) groups excluding carboxylic acids is 2. The van der Waals surface area contributed by atoms with E-state index >= 15 is 0 Å². The lowest BCUT2D eigenvalue weighted by Gasteiger charge is -2.21. The van der Waals surface area contributed by atoms with Crippen LogP contribution in [0.25, 0.3) is 10.9 Å². The van der Waals surface area contributed by atoms with Crippen LogP contribution < -0.4 is 10.5 Å². The van der Waals surface area contributed by atoms with E-state index in [1.54, 1.807) is 30.1 Å². The van der Waals surface area contributed by atoms with E-state index in [9.17, 15) is 14.4 Å². The summed E-state index contributed by atoms with van der Waals surface area (Å²) in [4.78, 5) is 48.4. The third kappa shape index (κ3) is 4.21. The number of H-pyrrole nitrogens is 1. The van der Waals surface area contributed by atoms with Gasteiger partial charge >= 0.3 is 0 Å². The first kappa shape index (κ1) is 20.8. The van der Waals surface area contributed by atoms with Crippen LogP contribution in [-0.2, 0) is 16.1 Å². The third-order valence-corrected chi connectivity index (χ3v) is 5.75. The number of nitrogens with zero attached hydrogens (tertiary/aromatic N) is 3. The summed E-state index contributed by atoms with van der Waals surface area (Å²) in [6.45, 7) is 4.74. The quantitative estimate of drug-likeness (QED) is 0.690. The highest BCUT2D eigenvalue weighted by molar-refractivity contribution is 6.00. The molecule has 2 amide bonds. The van der Waals surface area contributed by atoms with Gasteiger partial charge in [-0.05, 0) is 35.7 Å². The molecule has 1 saturated heterocycles. The van der Waals surface area contributed by atoms with Gasteiger partial charge in [0.15, 0.2) is 0 Å². The smallest absolute Gasteiger partial charge is 0.258 e. The number of fused-ring (bicyclic) bond motifs is 1. The molecule has 2 heterocycles. The number of anilines is 1. The van der Waals surface area contributed by atoms with E-state index in [4.69, 9.17) is 0 Å². The van der Waals surface area contributed by atoms with Crippen molar-refractivity contribution in [2.75, 3.05) is 18.5 Å². The molecule has 4 rings (SSSR count). The van der Waals surface area contributed by atoms with Gasteiger partial charge in [-0.2, -0.15) is 0 Å². The summed E-state index contributed by atoms with van der Waals surface area (Å²) in [6.07, 6.45) is 0.177. The van der Waals surface area contributed by atoms with Crippen molar-refractivity contribution in [2.45, 2.75) is 32.7 Å². The molecule has 31 heavy (non-hydrogen) atoms. The molecule has 1 aromatic heterocycles. The van der Waals surface area contributed by atoms with Crippen molar-refractivity contribution < 1.29 is 9.59 Å². The number of benzene rings is 2.